The summed E-state index contributed by atoms with van der Waals surface area (Å²) < 4.78 is 7.82. The second-order valence-corrected chi connectivity index (χ2v) is 9.49. The molecule has 4 aromatic carbocycles. The zero-order chi connectivity index (χ0) is 27.5. The Kier molecular flexibility index (Phi) is 6.72. The van der Waals surface area contributed by atoms with Crippen molar-refractivity contribution < 1.29 is 14.6 Å². The van der Waals surface area contributed by atoms with Gasteiger partial charge in [0.25, 0.3) is 5.91 Å². The number of benzene rings is 4. The summed E-state index contributed by atoms with van der Waals surface area (Å²) in [5, 5.41) is 21.1. The number of carbonyl (C=O) groups is 1. The predicted molar refractivity (Wildman–Crippen MR) is 154 cm³/mol. The number of phenolic OH excluding ortho intramolecular Hbond substituents is 1. The minimum absolute atomic E-state index is 0.121. The van der Waals surface area contributed by atoms with Gasteiger partial charge in [-0.05, 0) is 54.4 Å². The lowest BCUT2D eigenvalue weighted by atomic mass is 9.95. The summed E-state index contributed by atoms with van der Waals surface area (Å²) in [7, 11) is 0. The lowest BCUT2D eigenvalue weighted by Crippen LogP contribution is -2.31. The first-order valence-corrected chi connectivity index (χ1v) is 12.9. The third kappa shape index (κ3) is 5.15. The second-order valence-electron chi connectivity index (χ2n) is 9.49. The van der Waals surface area contributed by atoms with Crippen LogP contribution in [0.5, 0.6) is 11.5 Å². The Labute approximate surface area is 231 Å². The average molecular weight is 530 g/mol. The molecule has 1 aliphatic heterocycles. The van der Waals surface area contributed by atoms with E-state index >= 15 is 0 Å². The van der Waals surface area contributed by atoms with Gasteiger partial charge in [-0.3, -0.25) is 4.79 Å². The number of rotatable bonds is 7. The van der Waals surface area contributed by atoms with Crippen LogP contribution in [0.1, 0.15) is 24.1 Å². The van der Waals surface area contributed by atoms with Crippen LogP contribution >= 0.6 is 0 Å². The van der Waals surface area contributed by atoms with Crippen LogP contribution in [0, 0.1) is 0 Å². The van der Waals surface area contributed by atoms with Gasteiger partial charge in [-0.1, -0.05) is 72.8 Å². The number of carbonyl (C=O) groups excluding carboxylic acids is 1. The molecule has 0 saturated heterocycles. The standard InChI is InChI=1S/C32H27N5O3/c1-21-28(31(39)34-25-14-6-3-7-15-25)29(23-12-9-17-27(19-23)40-20-22-10-4-2-5-11-22)37-32(33-21)35-30(36-37)24-13-8-16-26(38)18-24/h2-19,29,38H,20H2,1H3,(H,34,39)(H,33,35,36). The van der Waals surface area contributed by atoms with E-state index in [1.807, 2.05) is 97.9 Å². The number of ether oxygens (including phenoxy) is 1. The number of aromatic nitrogens is 3. The van der Waals surface area contributed by atoms with E-state index in [0.29, 0.717) is 46.7 Å². The Balaban J connectivity index is 1.40. The molecule has 40 heavy (non-hydrogen) atoms. The zero-order valence-corrected chi connectivity index (χ0v) is 21.8. The number of fused-ring (bicyclic) bond motifs is 1. The minimum Gasteiger partial charge on any atom is -0.508 e. The van der Waals surface area contributed by atoms with Crippen LogP contribution in [0.15, 0.2) is 120 Å². The van der Waals surface area contributed by atoms with Crippen molar-refractivity contribution in [3.05, 3.63) is 132 Å². The van der Waals surface area contributed by atoms with Crippen LogP contribution in [0.4, 0.5) is 11.6 Å². The van der Waals surface area contributed by atoms with Crippen molar-refractivity contribution in [2.24, 2.45) is 0 Å². The summed E-state index contributed by atoms with van der Waals surface area (Å²) in [6, 6.07) is 33.2. The molecule has 0 aliphatic carbocycles. The number of hydrogen-bond donors (Lipinski definition) is 3. The fraction of sp³-hybridized carbons (Fsp3) is 0.0938. The van der Waals surface area contributed by atoms with Gasteiger partial charge in [0.1, 0.15) is 24.1 Å². The van der Waals surface area contributed by atoms with Gasteiger partial charge in [0.15, 0.2) is 5.82 Å². The van der Waals surface area contributed by atoms with Gasteiger partial charge in [0, 0.05) is 16.9 Å². The highest BCUT2D eigenvalue weighted by molar-refractivity contribution is 6.06. The number of nitrogens with one attached hydrogen (secondary N) is 2. The maximum absolute atomic E-state index is 13.8. The molecular formula is C32H27N5O3. The highest BCUT2D eigenvalue weighted by Gasteiger charge is 2.34. The number of para-hydroxylation sites is 1. The molecule has 1 unspecified atom stereocenters. The van der Waals surface area contributed by atoms with E-state index < -0.39 is 6.04 Å². The number of allylic oxidation sites excluding steroid dienone is 1. The van der Waals surface area contributed by atoms with Crippen molar-refractivity contribution in [3.8, 4) is 22.9 Å². The summed E-state index contributed by atoms with van der Waals surface area (Å²) in [6.45, 7) is 2.28. The van der Waals surface area contributed by atoms with Crippen LogP contribution in [-0.2, 0) is 11.4 Å². The summed E-state index contributed by atoms with van der Waals surface area (Å²) in [5.41, 5.74) is 4.40. The van der Waals surface area contributed by atoms with Crippen molar-refractivity contribution in [1.29, 1.82) is 0 Å². The number of phenols is 1. The molecule has 8 nitrogen and oxygen atoms in total. The van der Waals surface area contributed by atoms with Gasteiger partial charge in [0.2, 0.25) is 5.95 Å². The fourth-order valence-electron chi connectivity index (χ4n) is 4.76. The van der Waals surface area contributed by atoms with Gasteiger partial charge in [-0.2, -0.15) is 4.98 Å². The maximum Gasteiger partial charge on any atom is 0.255 e. The average Bonchev–Trinajstić information content (AvgIpc) is 3.40. The smallest absolute Gasteiger partial charge is 0.255 e. The molecule has 0 spiro atoms. The van der Waals surface area contributed by atoms with Crippen LogP contribution in [0.25, 0.3) is 11.4 Å². The van der Waals surface area contributed by atoms with Crippen LogP contribution in [0.3, 0.4) is 0 Å². The normalized spacial score (nSPS) is 14.3. The number of nitrogens with zero attached hydrogens (tertiary/aromatic N) is 3. The van der Waals surface area contributed by atoms with E-state index in [1.54, 1.807) is 22.9 Å². The first-order chi connectivity index (χ1) is 19.5. The second kappa shape index (κ2) is 10.8. The fourth-order valence-corrected chi connectivity index (χ4v) is 4.76. The summed E-state index contributed by atoms with van der Waals surface area (Å²) in [4.78, 5) is 18.5. The van der Waals surface area contributed by atoms with Crippen molar-refractivity contribution in [2.45, 2.75) is 19.6 Å². The van der Waals surface area contributed by atoms with Crippen LogP contribution in [-0.4, -0.2) is 25.8 Å². The third-order valence-corrected chi connectivity index (χ3v) is 6.66. The molecule has 2 heterocycles. The maximum atomic E-state index is 13.8. The molecule has 1 atom stereocenters. The SMILES string of the molecule is CC1=C(C(=O)Nc2ccccc2)C(c2cccc(OCc3ccccc3)c2)n2nc(-c3cccc(O)c3)nc2N1. The quantitative estimate of drug-likeness (QED) is 0.234. The summed E-state index contributed by atoms with van der Waals surface area (Å²) in [6.07, 6.45) is 0. The molecule has 0 radical (unpaired) electrons. The highest BCUT2D eigenvalue weighted by Crippen LogP contribution is 2.38. The first-order valence-electron chi connectivity index (χ1n) is 12.9. The zero-order valence-electron chi connectivity index (χ0n) is 21.8. The first kappa shape index (κ1) is 24.9. The van der Waals surface area contributed by atoms with Crippen molar-refractivity contribution in [3.63, 3.8) is 0 Å². The van der Waals surface area contributed by atoms with E-state index in [-0.39, 0.29) is 11.7 Å². The van der Waals surface area contributed by atoms with Gasteiger partial charge < -0.3 is 20.5 Å². The van der Waals surface area contributed by atoms with Crippen molar-refractivity contribution in [2.75, 3.05) is 10.6 Å². The lowest BCUT2D eigenvalue weighted by Gasteiger charge is -2.29. The Morgan fingerprint density at radius 3 is 2.48 bits per heavy atom. The molecule has 5 aromatic rings. The Morgan fingerprint density at radius 1 is 0.950 bits per heavy atom. The number of amides is 1. The van der Waals surface area contributed by atoms with Crippen molar-refractivity contribution >= 4 is 17.5 Å². The van der Waals surface area contributed by atoms with Crippen LogP contribution in [0.2, 0.25) is 0 Å². The lowest BCUT2D eigenvalue weighted by molar-refractivity contribution is -0.113. The molecule has 0 bridgehead atoms. The molecule has 6 rings (SSSR count). The monoisotopic (exact) mass is 529 g/mol. The van der Waals surface area contributed by atoms with Gasteiger partial charge in [-0.25, -0.2) is 4.68 Å². The third-order valence-electron chi connectivity index (χ3n) is 6.66. The molecule has 3 N–H and O–H groups in total. The molecule has 0 saturated carbocycles. The molecule has 1 aromatic heterocycles. The minimum atomic E-state index is -0.584. The Hall–Kier alpha value is -5.37. The van der Waals surface area contributed by atoms with Crippen LogP contribution < -0.4 is 15.4 Å². The van der Waals surface area contributed by atoms with E-state index in [0.717, 1.165) is 11.1 Å². The van der Waals surface area contributed by atoms with E-state index in [9.17, 15) is 9.90 Å². The van der Waals surface area contributed by atoms with E-state index in [1.165, 1.54) is 0 Å². The predicted octanol–water partition coefficient (Wildman–Crippen LogP) is 6.16. The van der Waals surface area contributed by atoms with Crippen molar-refractivity contribution in [1.82, 2.24) is 14.8 Å². The van der Waals surface area contributed by atoms with Gasteiger partial charge in [0.05, 0.1) is 5.57 Å². The molecular weight excluding hydrogens is 502 g/mol. The van der Waals surface area contributed by atoms with E-state index in [2.05, 4.69) is 10.6 Å². The molecule has 198 valence electrons. The highest BCUT2D eigenvalue weighted by atomic mass is 16.5. The molecule has 1 amide bonds. The number of anilines is 2. The van der Waals surface area contributed by atoms with E-state index in [4.69, 9.17) is 14.8 Å². The Bertz CT molecular complexity index is 1700. The van der Waals surface area contributed by atoms with Gasteiger partial charge in [-0.15, -0.1) is 5.10 Å². The number of hydrogen-bond acceptors (Lipinski definition) is 6. The largest absolute Gasteiger partial charge is 0.508 e. The molecule has 1 aliphatic rings. The Morgan fingerprint density at radius 2 is 1.70 bits per heavy atom. The topological polar surface area (TPSA) is 101 Å². The molecule has 8 heteroatoms. The molecule has 0 fully saturated rings. The number of aromatic hydroxyl groups is 1. The van der Waals surface area contributed by atoms with Gasteiger partial charge >= 0.3 is 0 Å². The summed E-state index contributed by atoms with van der Waals surface area (Å²) in [5.74, 6) is 1.47. The summed E-state index contributed by atoms with van der Waals surface area (Å²) >= 11 is 0.